The number of carbonyl (C=O) groups is 2. The highest BCUT2D eigenvalue weighted by molar-refractivity contribution is 7.89. The molecule has 0 aromatic rings. The van der Waals surface area contributed by atoms with Gasteiger partial charge in [-0.15, -0.1) is 0 Å². The van der Waals surface area contributed by atoms with E-state index in [0.717, 1.165) is 0 Å². The van der Waals surface area contributed by atoms with Gasteiger partial charge >= 0.3 is 5.97 Å². The van der Waals surface area contributed by atoms with Gasteiger partial charge in [0, 0.05) is 25.4 Å². The largest absolute Gasteiger partial charge is 0.481 e. The van der Waals surface area contributed by atoms with Crippen molar-refractivity contribution in [1.82, 2.24) is 10.0 Å². The number of hydrogen-bond acceptors (Lipinski definition) is 4. The van der Waals surface area contributed by atoms with E-state index in [9.17, 15) is 18.0 Å². The number of nitrogens with one attached hydrogen (secondary N) is 2. The van der Waals surface area contributed by atoms with E-state index in [-0.39, 0.29) is 37.1 Å². The zero-order valence-electron chi connectivity index (χ0n) is 9.31. The van der Waals surface area contributed by atoms with Gasteiger partial charge in [-0.1, -0.05) is 0 Å². The van der Waals surface area contributed by atoms with Gasteiger partial charge in [-0.25, -0.2) is 13.1 Å². The molecule has 3 N–H and O–H groups in total. The van der Waals surface area contributed by atoms with Crippen molar-refractivity contribution >= 4 is 21.9 Å². The van der Waals surface area contributed by atoms with E-state index in [1.807, 2.05) is 0 Å². The first-order valence-corrected chi connectivity index (χ1v) is 7.03. The van der Waals surface area contributed by atoms with Crippen LogP contribution in [0, 0.1) is 0 Å². The number of piperidine rings is 1. The van der Waals surface area contributed by atoms with Gasteiger partial charge in [0.2, 0.25) is 15.9 Å². The summed E-state index contributed by atoms with van der Waals surface area (Å²) >= 11 is 0. The van der Waals surface area contributed by atoms with E-state index in [1.54, 1.807) is 0 Å². The van der Waals surface area contributed by atoms with Crippen molar-refractivity contribution in [2.24, 2.45) is 0 Å². The summed E-state index contributed by atoms with van der Waals surface area (Å²) in [5.41, 5.74) is 0. The van der Waals surface area contributed by atoms with Gasteiger partial charge in [0.25, 0.3) is 0 Å². The minimum absolute atomic E-state index is 0.0775. The van der Waals surface area contributed by atoms with Crippen LogP contribution < -0.4 is 10.0 Å². The lowest BCUT2D eigenvalue weighted by molar-refractivity contribution is -0.137. The quantitative estimate of drug-likeness (QED) is 0.572. The Balaban J connectivity index is 2.33. The summed E-state index contributed by atoms with van der Waals surface area (Å²) in [5.74, 6) is -1.29. The van der Waals surface area contributed by atoms with Crippen molar-refractivity contribution < 1.29 is 23.1 Å². The zero-order chi connectivity index (χ0) is 12.9. The molecule has 1 unspecified atom stereocenters. The average molecular weight is 264 g/mol. The minimum atomic E-state index is -3.46. The van der Waals surface area contributed by atoms with E-state index in [4.69, 9.17) is 5.11 Å². The number of carboxylic acids is 1. The van der Waals surface area contributed by atoms with Gasteiger partial charge < -0.3 is 10.4 Å². The van der Waals surface area contributed by atoms with E-state index in [1.165, 1.54) is 0 Å². The molecule has 1 rings (SSSR count). The highest BCUT2D eigenvalue weighted by atomic mass is 32.2. The molecule has 17 heavy (non-hydrogen) atoms. The van der Waals surface area contributed by atoms with Crippen molar-refractivity contribution in [3.8, 4) is 0 Å². The summed E-state index contributed by atoms with van der Waals surface area (Å²) in [7, 11) is -3.46. The van der Waals surface area contributed by atoms with Gasteiger partial charge in [-0.2, -0.15) is 0 Å². The highest BCUT2D eigenvalue weighted by Gasteiger charge is 2.22. The molecule has 0 spiro atoms. The minimum Gasteiger partial charge on any atom is -0.481 e. The topological polar surface area (TPSA) is 113 Å². The molecule has 1 aliphatic rings. The summed E-state index contributed by atoms with van der Waals surface area (Å²) in [6, 6.07) is -0.289. The van der Waals surface area contributed by atoms with Gasteiger partial charge in [-0.3, -0.25) is 9.59 Å². The predicted molar refractivity (Wildman–Crippen MR) is 59.8 cm³/mol. The number of aliphatic carboxylic acids is 1. The summed E-state index contributed by atoms with van der Waals surface area (Å²) < 4.78 is 25.5. The monoisotopic (exact) mass is 264 g/mol. The fourth-order valence-electron chi connectivity index (χ4n) is 1.56. The van der Waals surface area contributed by atoms with Crippen molar-refractivity contribution in [2.45, 2.75) is 31.7 Å². The molecule has 0 aromatic carbocycles. The maximum atomic E-state index is 11.5. The Labute approximate surface area is 99.6 Å². The molecule has 0 aromatic heterocycles. The lowest BCUT2D eigenvalue weighted by Gasteiger charge is -2.23. The number of amides is 1. The van der Waals surface area contributed by atoms with Crippen molar-refractivity contribution in [3.63, 3.8) is 0 Å². The summed E-state index contributed by atoms with van der Waals surface area (Å²) in [5, 5.41) is 11.0. The molecule has 1 heterocycles. The van der Waals surface area contributed by atoms with Crippen molar-refractivity contribution in [1.29, 1.82) is 0 Å². The van der Waals surface area contributed by atoms with Gasteiger partial charge in [0.05, 0.1) is 5.75 Å². The van der Waals surface area contributed by atoms with Crippen LogP contribution in [-0.4, -0.2) is 43.7 Å². The molecule has 1 fully saturated rings. The molecule has 0 aliphatic carbocycles. The first-order chi connectivity index (χ1) is 7.89. The average Bonchev–Trinajstić information content (AvgIpc) is 2.20. The second kappa shape index (κ2) is 5.97. The second-order valence-corrected chi connectivity index (χ2v) is 5.85. The molecule has 1 saturated heterocycles. The van der Waals surface area contributed by atoms with Crippen LogP contribution in [0.2, 0.25) is 0 Å². The first-order valence-electron chi connectivity index (χ1n) is 5.37. The summed E-state index contributed by atoms with van der Waals surface area (Å²) in [6.07, 6.45) is 0.707. The third-order valence-electron chi connectivity index (χ3n) is 2.42. The van der Waals surface area contributed by atoms with Crippen LogP contribution >= 0.6 is 0 Å². The molecule has 98 valence electrons. The molecular formula is C9H16N2O5S. The van der Waals surface area contributed by atoms with Crippen LogP contribution in [-0.2, 0) is 19.6 Å². The lowest BCUT2D eigenvalue weighted by atomic mass is 10.1. The lowest BCUT2D eigenvalue weighted by Crippen LogP contribution is -2.48. The predicted octanol–water partition coefficient (Wildman–Crippen LogP) is -0.951. The number of sulfonamides is 1. The summed E-state index contributed by atoms with van der Waals surface area (Å²) in [6.45, 7) is 0.289. The van der Waals surface area contributed by atoms with Gasteiger partial charge in [0.1, 0.15) is 0 Å². The molecule has 0 saturated carbocycles. The van der Waals surface area contributed by atoms with E-state index in [0.29, 0.717) is 12.8 Å². The molecule has 7 nitrogen and oxygen atoms in total. The maximum absolute atomic E-state index is 11.5. The van der Waals surface area contributed by atoms with Crippen molar-refractivity contribution in [3.05, 3.63) is 0 Å². The zero-order valence-corrected chi connectivity index (χ0v) is 10.1. The maximum Gasteiger partial charge on any atom is 0.303 e. The number of hydrogen-bond donors (Lipinski definition) is 3. The Kier molecular flexibility index (Phi) is 4.88. The van der Waals surface area contributed by atoms with Crippen LogP contribution in [0.15, 0.2) is 0 Å². The molecule has 0 radical (unpaired) electrons. The Bertz CT molecular complexity index is 382. The molecule has 0 bridgehead atoms. The van der Waals surface area contributed by atoms with Crippen LogP contribution in [0.1, 0.15) is 25.7 Å². The number of carboxylic acid groups (broad SMARTS) is 1. The van der Waals surface area contributed by atoms with E-state index >= 15 is 0 Å². The Morgan fingerprint density at radius 2 is 2.24 bits per heavy atom. The number of carbonyl (C=O) groups excluding carboxylic acids is 1. The standard InChI is InChI=1S/C9H16N2O5S/c12-8-4-3-7(6-10-8)11-17(15,16)5-1-2-9(13)14/h7,11H,1-6H2,(H,10,12)(H,13,14). The normalized spacial score (nSPS) is 20.9. The Morgan fingerprint density at radius 1 is 1.53 bits per heavy atom. The van der Waals surface area contributed by atoms with Crippen LogP contribution in [0.5, 0.6) is 0 Å². The highest BCUT2D eigenvalue weighted by Crippen LogP contribution is 2.05. The van der Waals surface area contributed by atoms with Crippen LogP contribution in [0.25, 0.3) is 0 Å². The Hall–Kier alpha value is -1.15. The van der Waals surface area contributed by atoms with E-state index < -0.39 is 16.0 Å². The SMILES string of the molecule is O=C(O)CCCS(=O)(=O)NC1CCC(=O)NC1. The Morgan fingerprint density at radius 3 is 2.76 bits per heavy atom. The van der Waals surface area contributed by atoms with Crippen molar-refractivity contribution in [2.75, 3.05) is 12.3 Å². The molecule has 8 heteroatoms. The fraction of sp³-hybridized carbons (Fsp3) is 0.778. The first kappa shape index (κ1) is 13.9. The smallest absolute Gasteiger partial charge is 0.303 e. The molecule has 1 amide bonds. The second-order valence-electron chi connectivity index (χ2n) is 3.97. The van der Waals surface area contributed by atoms with Crippen LogP contribution in [0.4, 0.5) is 0 Å². The van der Waals surface area contributed by atoms with Gasteiger partial charge in [-0.05, 0) is 12.8 Å². The number of rotatable bonds is 6. The fourth-order valence-corrected chi connectivity index (χ4v) is 2.91. The third-order valence-corrected chi connectivity index (χ3v) is 3.93. The third kappa shape index (κ3) is 5.64. The van der Waals surface area contributed by atoms with E-state index in [2.05, 4.69) is 10.0 Å². The summed E-state index contributed by atoms with van der Waals surface area (Å²) in [4.78, 5) is 21.1. The molecule has 1 atom stereocenters. The van der Waals surface area contributed by atoms with Crippen LogP contribution in [0.3, 0.4) is 0 Å². The van der Waals surface area contributed by atoms with Gasteiger partial charge in [0.15, 0.2) is 0 Å². The molecular weight excluding hydrogens is 248 g/mol. The molecule has 1 aliphatic heterocycles.